The van der Waals surface area contributed by atoms with Gasteiger partial charge in [0.15, 0.2) is 11.6 Å². The molecule has 0 aliphatic heterocycles. The molecule has 0 saturated carbocycles. The van der Waals surface area contributed by atoms with Gasteiger partial charge in [0.05, 0.1) is 32.0 Å². The summed E-state index contributed by atoms with van der Waals surface area (Å²) in [7, 11) is 1.42. The number of methoxy groups -OCH3 is 1. The first-order valence-electron chi connectivity index (χ1n) is 14.0. The number of ketones is 1. The van der Waals surface area contributed by atoms with E-state index in [1.54, 1.807) is 12.1 Å². The Kier molecular flexibility index (Phi) is 10.7. The number of H-pyrrole nitrogens is 1. The summed E-state index contributed by atoms with van der Waals surface area (Å²) < 4.78 is 82.2. The number of halogens is 5. The predicted molar refractivity (Wildman–Crippen MR) is 166 cm³/mol. The van der Waals surface area contributed by atoms with Gasteiger partial charge in [0.1, 0.15) is 22.2 Å². The van der Waals surface area contributed by atoms with Crippen LogP contribution >= 0.6 is 11.3 Å². The number of Topliss-reactive ketones (excluding diaryl/α,β-unsaturated/α-hetero) is 1. The molecule has 0 aliphatic rings. The van der Waals surface area contributed by atoms with E-state index in [9.17, 15) is 32.3 Å². The molecule has 49 heavy (non-hydrogen) atoms. The van der Waals surface area contributed by atoms with E-state index in [1.807, 2.05) is 0 Å². The van der Waals surface area contributed by atoms with Crippen molar-refractivity contribution in [2.45, 2.75) is 25.7 Å². The Labute approximate surface area is 319 Å². The molecular weight excluding hydrogens is 703 g/mol. The number of ether oxygens (including phenoxy) is 1. The molecule has 3 aromatic heterocycles. The Morgan fingerprint density at radius 2 is 1.63 bits per heavy atom. The molecule has 0 atom stereocenters. The van der Waals surface area contributed by atoms with Gasteiger partial charge in [0.25, 0.3) is 5.56 Å². The maximum atomic E-state index is 15.7. The van der Waals surface area contributed by atoms with E-state index >= 15 is 8.78 Å². The smallest absolute Gasteiger partial charge is 1.00 e. The molecule has 0 spiro atoms. The van der Waals surface area contributed by atoms with Crippen molar-refractivity contribution in [1.29, 1.82) is 0 Å². The Morgan fingerprint density at radius 1 is 0.980 bits per heavy atom. The van der Waals surface area contributed by atoms with Gasteiger partial charge in [-0.2, -0.15) is 13.2 Å². The van der Waals surface area contributed by atoms with E-state index in [2.05, 4.69) is 14.7 Å². The first-order chi connectivity index (χ1) is 22.8. The number of benzene rings is 3. The largest absolute Gasteiger partial charge is 1.00 e. The van der Waals surface area contributed by atoms with Crippen LogP contribution in [-0.4, -0.2) is 38.3 Å². The normalized spacial score (nSPS) is 11.5. The number of hydrogen-bond donors (Lipinski definition) is 1. The van der Waals surface area contributed by atoms with Gasteiger partial charge in [-0.05, 0) is 53.6 Å². The van der Waals surface area contributed by atoms with E-state index in [4.69, 9.17) is 4.74 Å². The topological polar surface area (TPSA) is 129 Å². The number of nitrogens with one attached hydrogen (secondary N) is 1. The van der Waals surface area contributed by atoms with E-state index < -0.39 is 65.7 Å². The van der Waals surface area contributed by atoms with Crippen LogP contribution in [0, 0.1) is 11.6 Å². The maximum Gasteiger partial charge on any atom is 1.00 e. The van der Waals surface area contributed by atoms with Gasteiger partial charge in [-0.3, -0.25) is 28.2 Å². The number of rotatable bonds is 9. The fourth-order valence-corrected chi connectivity index (χ4v) is 6.35. The van der Waals surface area contributed by atoms with Crippen LogP contribution in [0.3, 0.4) is 0 Å². The minimum atomic E-state index is -4.65. The molecule has 0 unspecified atom stereocenters. The second-order valence-electron chi connectivity index (χ2n) is 10.5. The average molecular weight is 725 g/mol. The fraction of sp³-hybridized carbons (Fsp3) is 0.156. The van der Waals surface area contributed by atoms with Crippen LogP contribution in [0.25, 0.3) is 32.7 Å². The van der Waals surface area contributed by atoms with Gasteiger partial charge in [-0.15, -0.1) is 11.3 Å². The number of carbonyl (C=O) groups excluding carboxylic acids is 1. The molecule has 0 fully saturated rings. The van der Waals surface area contributed by atoms with Gasteiger partial charge in [-0.1, -0.05) is 29.4 Å². The number of aromatic amines is 1. The summed E-state index contributed by atoms with van der Waals surface area (Å²) >= 11 is 0.481. The molecule has 248 valence electrons. The molecule has 0 aliphatic carbocycles. The number of thiophene rings is 1. The Morgan fingerprint density at radius 3 is 2.22 bits per heavy atom. The van der Waals surface area contributed by atoms with Crippen molar-refractivity contribution in [1.82, 2.24) is 19.3 Å². The van der Waals surface area contributed by atoms with Gasteiger partial charge in [0.2, 0.25) is 0 Å². The zero-order valence-electron chi connectivity index (χ0n) is 26.6. The van der Waals surface area contributed by atoms with Crippen molar-refractivity contribution < 1.29 is 88.8 Å². The monoisotopic (exact) mass is 724 g/mol. The number of aromatic nitrogens is 4. The van der Waals surface area contributed by atoms with Crippen molar-refractivity contribution in [3.8, 4) is 28.3 Å². The summed E-state index contributed by atoms with van der Waals surface area (Å²) in [5, 5.41) is 3.30. The third kappa shape index (κ3) is 7.61. The van der Waals surface area contributed by atoms with E-state index in [1.165, 1.54) is 43.5 Å². The Bertz CT molecular complexity index is 2360. The third-order valence-electron chi connectivity index (χ3n) is 7.43. The minimum absolute atomic E-state index is 0. The first-order valence-corrected chi connectivity index (χ1v) is 14.8. The summed E-state index contributed by atoms with van der Waals surface area (Å²) in [4.78, 5) is 53.5. The molecule has 0 saturated heterocycles. The molecule has 17 heteroatoms. The molecular formula is C32H22F5KN4O6S. The standard InChI is InChI=1S/C32H21F5N4O6S.K.H/c1-46-18-8-6-16(7-9-18)26(42)15-40-28(43)22-12-19(13-32(35,36)37)48-29(22)41(31(40)45)14-23-24(33)10-17(11-25(23)34)20-4-2-3-5-21(20)27-38-30(44)47-39-27;;/h2-12H,13-15H2,1H3,(H,38,39,44);;/q;+1;-1. The molecule has 3 aromatic carbocycles. The molecule has 0 radical (unpaired) electrons. The summed E-state index contributed by atoms with van der Waals surface area (Å²) in [5.41, 5.74) is -2.12. The van der Waals surface area contributed by atoms with Crippen molar-refractivity contribution >= 4 is 27.3 Å². The van der Waals surface area contributed by atoms with E-state index in [0.29, 0.717) is 21.7 Å². The summed E-state index contributed by atoms with van der Waals surface area (Å²) in [6, 6.07) is 14.9. The van der Waals surface area contributed by atoms with Crippen molar-refractivity contribution in [2.24, 2.45) is 0 Å². The van der Waals surface area contributed by atoms with Crippen LogP contribution < -0.4 is 73.1 Å². The number of fused-ring (bicyclic) bond motifs is 1. The molecule has 3 heterocycles. The van der Waals surface area contributed by atoms with Gasteiger partial charge in [0, 0.05) is 21.6 Å². The summed E-state index contributed by atoms with van der Waals surface area (Å²) in [5.74, 6) is -3.31. The number of nitrogens with zero attached hydrogens (tertiary/aromatic N) is 3. The van der Waals surface area contributed by atoms with Crippen LogP contribution in [0.2, 0.25) is 0 Å². The van der Waals surface area contributed by atoms with Crippen molar-refractivity contribution in [3.05, 3.63) is 126 Å². The quantitative estimate of drug-likeness (QED) is 0.138. The average Bonchev–Trinajstić information content (AvgIpc) is 3.67. The van der Waals surface area contributed by atoms with Gasteiger partial charge in [-0.25, -0.2) is 18.4 Å². The Balaban J connectivity index is 0.00000281. The van der Waals surface area contributed by atoms with Crippen LogP contribution in [0.15, 0.2) is 85.6 Å². The molecule has 0 amide bonds. The molecule has 0 bridgehead atoms. The molecule has 6 rings (SSSR count). The van der Waals surface area contributed by atoms with Crippen LogP contribution in [0.5, 0.6) is 5.75 Å². The molecule has 10 nitrogen and oxygen atoms in total. The number of carbonyl (C=O) groups is 1. The van der Waals surface area contributed by atoms with Gasteiger partial charge >= 0.3 is 69.0 Å². The third-order valence-corrected chi connectivity index (χ3v) is 8.58. The number of alkyl halides is 3. The zero-order chi connectivity index (χ0) is 34.3. The summed E-state index contributed by atoms with van der Waals surface area (Å²) in [6.45, 7) is -1.62. The van der Waals surface area contributed by atoms with Crippen molar-refractivity contribution in [2.75, 3.05) is 7.11 Å². The fourth-order valence-electron chi connectivity index (χ4n) is 5.18. The summed E-state index contributed by atoms with van der Waals surface area (Å²) in [6.07, 6.45) is -6.07. The van der Waals surface area contributed by atoms with E-state index in [-0.39, 0.29) is 96.0 Å². The second kappa shape index (κ2) is 14.5. The first kappa shape index (κ1) is 36.3. The van der Waals surface area contributed by atoms with Crippen molar-refractivity contribution in [3.63, 3.8) is 0 Å². The van der Waals surface area contributed by atoms with Gasteiger partial charge < -0.3 is 6.16 Å². The predicted octanol–water partition coefficient (Wildman–Crippen LogP) is 2.67. The molecule has 6 aromatic rings. The van der Waals surface area contributed by atoms with Crippen LogP contribution in [0.4, 0.5) is 22.0 Å². The minimum Gasteiger partial charge on any atom is -1.00 e. The SMILES string of the molecule is COc1ccc(C(=O)Cn2c(=O)c3cc(CC(F)(F)F)sc3n(Cc3c(F)cc(-c4ccccc4-c4noc(=O)[nH]4)cc3F)c2=O)cc1.[H-].[K+]. The maximum absolute atomic E-state index is 15.7. The molecule has 1 N–H and O–H groups in total. The Hall–Kier alpha value is -4.00. The number of hydrogen-bond acceptors (Lipinski definition) is 8. The van der Waals surface area contributed by atoms with Crippen LogP contribution in [0.1, 0.15) is 22.2 Å². The van der Waals surface area contributed by atoms with E-state index in [0.717, 1.165) is 22.8 Å². The van der Waals surface area contributed by atoms with Crippen LogP contribution in [-0.2, 0) is 19.5 Å². The zero-order valence-corrected chi connectivity index (χ0v) is 29.5. The second-order valence-corrected chi connectivity index (χ2v) is 11.7.